The molecular formula is C25H27ClF2N6O2. The van der Waals surface area contributed by atoms with E-state index >= 15 is 0 Å². The van der Waals surface area contributed by atoms with Crippen molar-refractivity contribution < 1.29 is 18.7 Å². The highest BCUT2D eigenvalue weighted by Gasteiger charge is 2.34. The molecule has 1 fully saturated rings. The second kappa shape index (κ2) is 10.1. The number of piperazine rings is 1. The summed E-state index contributed by atoms with van der Waals surface area (Å²) in [6, 6.07) is 3.74. The van der Waals surface area contributed by atoms with Gasteiger partial charge in [-0.1, -0.05) is 11.6 Å². The van der Waals surface area contributed by atoms with Gasteiger partial charge in [0.2, 0.25) is 0 Å². The number of amides is 1. The van der Waals surface area contributed by atoms with E-state index in [0.717, 1.165) is 12.3 Å². The molecule has 0 bridgehead atoms. The number of carbonyl (C=O) groups is 1. The van der Waals surface area contributed by atoms with Gasteiger partial charge in [0.05, 0.1) is 33.9 Å². The fraction of sp³-hybridized carbons (Fsp3) is 0.400. The molecule has 190 valence electrons. The van der Waals surface area contributed by atoms with Crippen molar-refractivity contribution in [3.8, 4) is 11.4 Å². The van der Waals surface area contributed by atoms with E-state index in [1.807, 2.05) is 18.7 Å². The van der Waals surface area contributed by atoms with Crippen LogP contribution in [0.4, 0.5) is 8.78 Å². The molecule has 1 amide bonds. The van der Waals surface area contributed by atoms with Gasteiger partial charge >= 0.3 is 0 Å². The first-order valence-electron chi connectivity index (χ1n) is 11.5. The van der Waals surface area contributed by atoms with E-state index in [0.29, 0.717) is 24.5 Å². The van der Waals surface area contributed by atoms with Crippen molar-refractivity contribution in [2.24, 2.45) is 0 Å². The summed E-state index contributed by atoms with van der Waals surface area (Å²) in [6.07, 6.45) is 3.93. The summed E-state index contributed by atoms with van der Waals surface area (Å²) < 4.78 is 27.3. The zero-order chi connectivity index (χ0) is 26.2. The average Bonchev–Trinajstić information content (AvgIpc) is 2.82. The molecule has 4 heterocycles. The highest BCUT2D eigenvalue weighted by atomic mass is 35.5. The highest BCUT2D eigenvalue weighted by Crippen LogP contribution is 2.27. The van der Waals surface area contributed by atoms with Gasteiger partial charge in [0, 0.05) is 50.2 Å². The third-order valence-corrected chi connectivity index (χ3v) is 6.46. The van der Waals surface area contributed by atoms with Crippen LogP contribution < -0.4 is 0 Å². The number of hydrogen-bond donors (Lipinski definition) is 1. The molecule has 0 saturated carbocycles. The van der Waals surface area contributed by atoms with E-state index in [9.17, 15) is 18.7 Å². The summed E-state index contributed by atoms with van der Waals surface area (Å²) in [4.78, 5) is 34.0. The van der Waals surface area contributed by atoms with Gasteiger partial charge in [0.1, 0.15) is 17.2 Å². The topological polar surface area (TPSA) is 95.3 Å². The Bertz CT molecular complexity index is 1290. The predicted molar refractivity (Wildman–Crippen MR) is 130 cm³/mol. The number of carbonyl (C=O) groups excluding carboxylic acids is 1. The first-order valence-corrected chi connectivity index (χ1v) is 11.9. The molecule has 36 heavy (non-hydrogen) atoms. The fourth-order valence-electron chi connectivity index (χ4n) is 4.15. The van der Waals surface area contributed by atoms with Crippen molar-refractivity contribution in [1.29, 1.82) is 0 Å². The lowest BCUT2D eigenvalue weighted by molar-refractivity contribution is 0.0283. The highest BCUT2D eigenvalue weighted by molar-refractivity contribution is 6.33. The fourth-order valence-corrected chi connectivity index (χ4v) is 4.33. The Hall–Kier alpha value is -3.08. The quantitative estimate of drug-likeness (QED) is 0.550. The van der Waals surface area contributed by atoms with Crippen molar-refractivity contribution in [2.75, 3.05) is 13.1 Å². The molecule has 3 aromatic heterocycles. The zero-order valence-corrected chi connectivity index (χ0v) is 21.2. The lowest BCUT2D eigenvalue weighted by Gasteiger charge is -2.44. The lowest BCUT2D eigenvalue weighted by atomic mass is 10.0. The smallest absolute Gasteiger partial charge is 0.255 e. The maximum absolute atomic E-state index is 14.1. The molecule has 11 heteroatoms. The van der Waals surface area contributed by atoms with Gasteiger partial charge in [-0.05, 0) is 39.8 Å². The Balaban J connectivity index is 1.55. The van der Waals surface area contributed by atoms with Gasteiger partial charge < -0.3 is 10.0 Å². The molecule has 0 aliphatic carbocycles. The molecule has 1 aliphatic heterocycles. The maximum atomic E-state index is 14.1. The van der Waals surface area contributed by atoms with Crippen LogP contribution in [-0.4, -0.2) is 65.9 Å². The van der Waals surface area contributed by atoms with Gasteiger partial charge in [0.15, 0.2) is 5.82 Å². The molecule has 1 aliphatic rings. The number of rotatable bonds is 5. The van der Waals surface area contributed by atoms with Crippen molar-refractivity contribution in [3.63, 3.8) is 0 Å². The molecule has 3 aromatic rings. The third kappa shape index (κ3) is 5.50. The Morgan fingerprint density at radius 2 is 1.86 bits per heavy atom. The third-order valence-electron chi connectivity index (χ3n) is 6.16. The molecular weight excluding hydrogens is 490 g/mol. The Kier molecular flexibility index (Phi) is 7.31. The van der Waals surface area contributed by atoms with E-state index in [4.69, 9.17) is 11.6 Å². The largest absolute Gasteiger partial charge is 0.382 e. The van der Waals surface area contributed by atoms with E-state index in [1.165, 1.54) is 12.4 Å². The van der Waals surface area contributed by atoms with E-state index < -0.39 is 17.2 Å². The summed E-state index contributed by atoms with van der Waals surface area (Å²) in [5.74, 6) is -1.44. The van der Waals surface area contributed by atoms with Crippen LogP contribution in [0.2, 0.25) is 5.02 Å². The SMILES string of the molecule is C[C@@H]1CN(Cc2ncc(F)cc2F)[C@@H](C)CN1C(=O)c1cc(-c2ccnc(C(C)(C)O)n2)ncc1Cl. The van der Waals surface area contributed by atoms with Crippen LogP contribution in [-0.2, 0) is 12.1 Å². The average molecular weight is 517 g/mol. The molecule has 1 saturated heterocycles. The van der Waals surface area contributed by atoms with Gasteiger partial charge in [-0.25, -0.2) is 18.7 Å². The van der Waals surface area contributed by atoms with Crippen molar-refractivity contribution in [1.82, 2.24) is 29.7 Å². The molecule has 0 spiro atoms. The van der Waals surface area contributed by atoms with Gasteiger partial charge in [-0.3, -0.25) is 19.7 Å². The maximum Gasteiger partial charge on any atom is 0.255 e. The van der Waals surface area contributed by atoms with Crippen LogP contribution in [0.25, 0.3) is 11.4 Å². The van der Waals surface area contributed by atoms with E-state index in [2.05, 4.69) is 19.9 Å². The minimum Gasteiger partial charge on any atom is -0.382 e. The number of hydrogen-bond acceptors (Lipinski definition) is 7. The summed E-state index contributed by atoms with van der Waals surface area (Å²) >= 11 is 6.38. The van der Waals surface area contributed by atoms with Crippen LogP contribution in [0, 0.1) is 11.6 Å². The second-order valence-electron chi connectivity index (χ2n) is 9.54. The summed E-state index contributed by atoms with van der Waals surface area (Å²) in [5.41, 5.74) is 0.0792. The van der Waals surface area contributed by atoms with Crippen LogP contribution in [0.1, 0.15) is 49.6 Å². The van der Waals surface area contributed by atoms with E-state index in [1.54, 1.807) is 30.9 Å². The lowest BCUT2D eigenvalue weighted by Crippen LogP contribution is -2.57. The van der Waals surface area contributed by atoms with Crippen LogP contribution in [0.3, 0.4) is 0 Å². The monoisotopic (exact) mass is 516 g/mol. The zero-order valence-electron chi connectivity index (χ0n) is 20.4. The van der Waals surface area contributed by atoms with Crippen molar-refractivity contribution in [3.05, 3.63) is 70.5 Å². The minimum atomic E-state index is -1.24. The molecule has 0 aromatic carbocycles. The number of aromatic nitrogens is 4. The Morgan fingerprint density at radius 3 is 2.56 bits per heavy atom. The predicted octanol–water partition coefficient (Wildman–Crippen LogP) is 3.83. The van der Waals surface area contributed by atoms with Gasteiger partial charge in [0.25, 0.3) is 5.91 Å². The first kappa shape index (κ1) is 26.0. The van der Waals surface area contributed by atoms with Crippen molar-refractivity contribution >= 4 is 17.5 Å². The molecule has 0 radical (unpaired) electrons. The first-order chi connectivity index (χ1) is 16.9. The number of nitrogens with zero attached hydrogens (tertiary/aromatic N) is 6. The summed E-state index contributed by atoms with van der Waals surface area (Å²) in [5, 5.41) is 10.4. The minimum absolute atomic E-state index is 0.104. The van der Waals surface area contributed by atoms with Crippen molar-refractivity contribution in [2.45, 2.75) is 51.9 Å². The summed E-state index contributed by atoms with van der Waals surface area (Å²) in [6.45, 7) is 8.07. The van der Waals surface area contributed by atoms with Crippen LogP contribution >= 0.6 is 11.6 Å². The molecule has 1 N–H and O–H groups in total. The normalized spacial score (nSPS) is 18.9. The van der Waals surface area contributed by atoms with E-state index in [-0.39, 0.29) is 46.6 Å². The Labute approximate surface area is 213 Å². The standard InChI is InChI=1S/C25H27ClF2N6O2/c1-14-12-34(15(2)11-33(14)13-22-19(28)7-16(27)9-30-22)23(35)17-8-21(31-10-18(17)26)20-5-6-29-24(32-20)25(3,4)36/h5-10,14-15,36H,11-13H2,1-4H3/t14-,15+/m0/s1. The molecule has 4 rings (SSSR count). The van der Waals surface area contributed by atoms with Gasteiger partial charge in [-0.15, -0.1) is 0 Å². The van der Waals surface area contributed by atoms with Crippen LogP contribution in [0.5, 0.6) is 0 Å². The molecule has 2 atom stereocenters. The summed E-state index contributed by atoms with van der Waals surface area (Å²) in [7, 11) is 0. The number of halogens is 3. The number of pyridine rings is 2. The molecule has 0 unspecified atom stereocenters. The van der Waals surface area contributed by atoms with Crippen LogP contribution in [0.15, 0.2) is 36.8 Å². The van der Waals surface area contributed by atoms with Gasteiger partial charge in [-0.2, -0.15) is 0 Å². The molecule has 8 nitrogen and oxygen atoms in total. The Morgan fingerprint density at radius 1 is 1.11 bits per heavy atom. The second-order valence-corrected chi connectivity index (χ2v) is 9.95. The number of aliphatic hydroxyl groups is 1.